The van der Waals surface area contributed by atoms with Crippen LogP contribution < -0.4 is 10.2 Å². The van der Waals surface area contributed by atoms with Crippen molar-refractivity contribution < 1.29 is 14.6 Å². The Morgan fingerprint density at radius 3 is 2.75 bits per heavy atom. The fourth-order valence-corrected chi connectivity index (χ4v) is 3.41. The van der Waals surface area contributed by atoms with Crippen molar-refractivity contribution in [3.63, 3.8) is 0 Å². The minimum Gasteiger partial charge on any atom is -0.395 e. The molecule has 24 heavy (non-hydrogen) atoms. The molecule has 2 saturated heterocycles. The highest BCUT2D eigenvalue weighted by atomic mass is 16.5. The summed E-state index contributed by atoms with van der Waals surface area (Å²) in [6, 6.07) is 4.17. The highest BCUT2D eigenvalue weighted by Crippen LogP contribution is 2.22. The van der Waals surface area contributed by atoms with Gasteiger partial charge in [-0.15, -0.1) is 0 Å². The van der Waals surface area contributed by atoms with Gasteiger partial charge < -0.3 is 20.1 Å². The third-order valence-corrected chi connectivity index (χ3v) is 4.76. The zero-order valence-corrected chi connectivity index (χ0v) is 14.0. The number of ether oxygens (including phenoxy) is 1. The van der Waals surface area contributed by atoms with E-state index in [2.05, 4.69) is 20.1 Å². The number of nitrogens with zero attached hydrogens (tertiary/aromatic N) is 3. The van der Waals surface area contributed by atoms with Crippen LogP contribution in [0, 0.1) is 0 Å². The molecule has 132 valence electrons. The number of carbonyl (C=O) groups excluding carboxylic acids is 1. The molecule has 0 radical (unpaired) electrons. The van der Waals surface area contributed by atoms with Crippen molar-refractivity contribution in [2.45, 2.75) is 18.9 Å². The molecule has 1 aromatic rings. The molecule has 0 aliphatic carbocycles. The summed E-state index contributed by atoms with van der Waals surface area (Å²) < 4.78 is 5.43. The summed E-state index contributed by atoms with van der Waals surface area (Å²) in [7, 11) is 0. The van der Waals surface area contributed by atoms with Crippen LogP contribution >= 0.6 is 0 Å². The molecule has 0 spiro atoms. The first kappa shape index (κ1) is 17.1. The van der Waals surface area contributed by atoms with E-state index in [1.54, 1.807) is 12.3 Å². The normalized spacial score (nSPS) is 20.1. The smallest absolute Gasteiger partial charge is 0.251 e. The molecule has 2 aliphatic rings. The van der Waals surface area contributed by atoms with E-state index in [1.165, 1.54) is 0 Å². The van der Waals surface area contributed by atoms with Crippen LogP contribution in [-0.2, 0) is 4.74 Å². The number of piperidine rings is 1. The quantitative estimate of drug-likeness (QED) is 0.796. The van der Waals surface area contributed by atoms with Crippen LogP contribution in [-0.4, -0.2) is 79.5 Å². The number of hydrogen-bond acceptors (Lipinski definition) is 6. The number of hydrogen-bond donors (Lipinski definition) is 2. The predicted octanol–water partition coefficient (Wildman–Crippen LogP) is 0.105. The van der Waals surface area contributed by atoms with E-state index in [1.807, 2.05) is 6.07 Å². The summed E-state index contributed by atoms with van der Waals surface area (Å²) in [4.78, 5) is 21.2. The van der Waals surface area contributed by atoms with Crippen LogP contribution in [0.25, 0.3) is 0 Å². The van der Waals surface area contributed by atoms with Gasteiger partial charge in [0.2, 0.25) is 0 Å². The monoisotopic (exact) mass is 334 g/mol. The fraction of sp³-hybridized carbons (Fsp3) is 0.647. The topological polar surface area (TPSA) is 77.9 Å². The van der Waals surface area contributed by atoms with Crippen molar-refractivity contribution in [1.82, 2.24) is 15.2 Å². The van der Waals surface area contributed by atoms with Gasteiger partial charge in [-0.05, 0) is 25.0 Å². The Kier molecular flexibility index (Phi) is 6.01. The fourth-order valence-electron chi connectivity index (χ4n) is 3.41. The number of aliphatic hydroxyl groups is 1. The molecule has 0 aromatic carbocycles. The van der Waals surface area contributed by atoms with Crippen molar-refractivity contribution in [2.75, 3.05) is 57.4 Å². The molecule has 1 amide bonds. The summed E-state index contributed by atoms with van der Waals surface area (Å²) in [5.41, 5.74) is 0.587. The molecule has 1 aromatic heterocycles. The van der Waals surface area contributed by atoms with Crippen molar-refractivity contribution in [2.24, 2.45) is 0 Å². The third kappa shape index (κ3) is 4.23. The lowest BCUT2D eigenvalue weighted by molar-refractivity contribution is 0.0115. The molecule has 2 fully saturated rings. The van der Waals surface area contributed by atoms with Crippen LogP contribution in [0.5, 0.6) is 0 Å². The van der Waals surface area contributed by atoms with E-state index in [-0.39, 0.29) is 19.1 Å². The highest BCUT2D eigenvalue weighted by molar-refractivity contribution is 5.94. The zero-order chi connectivity index (χ0) is 16.8. The average Bonchev–Trinajstić information content (AvgIpc) is 2.67. The molecule has 3 heterocycles. The first-order valence-electron chi connectivity index (χ1n) is 8.70. The van der Waals surface area contributed by atoms with Gasteiger partial charge in [-0.25, -0.2) is 4.98 Å². The maximum atomic E-state index is 12.0. The number of amides is 1. The predicted molar refractivity (Wildman–Crippen MR) is 91.3 cm³/mol. The zero-order valence-electron chi connectivity index (χ0n) is 14.0. The molecule has 7 heteroatoms. The van der Waals surface area contributed by atoms with Gasteiger partial charge in [0.05, 0.1) is 19.8 Å². The first-order valence-corrected chi connectivity index (χ1v) is 8.70. The van der Waals surface area contributed by atoms with Crippen LogP contribution in [0.2, 0.25) is 0 Å². The molecule has 3 rings (SSSR count). The summed E-state index contributed by atoms with van der Waals surface area (Å²) in [5, 5.41) is 11.5. The Bertz CT molecular complexity index is 540. The molecule has 2 N–H and O–H groups in total. The Hall–Kier alpha value is -1.70. The van der Waals surface area contributed by atoms with E-state index in [9.17, 15) is 4.79 Å². The lowest BCUT2D eigenvalue weighted by Gasteiger charge is -2.40. The molecule has 0 saturated carbocycles. The number of morpholine rings is 1. The van der Waals surface area contributed by atoms with E-state index in [0.29, 0.717) is 11.6 Å². The van der Waals surface area contributed by atoms with E-state index in [4.69, 9.17) is 9.84 Å². The maximum absolute atomic E-state index is 12.0. The number of nitrogens with one attached hydrogen (secondary N) is 1. The van der Waals surface area contributed by atoms with Crippen molar-refractivity contribution in [3.05, 3.63) is 23.9 Å². The third-order valence-electron chi connectivity index (χ3n) is 4.76. The van der Waals surface area contributed by atoms with E-state index >= 15 is 0 Å². The largest absolute Gasteiger partial charge is 0.395 e. The number of aliphatic hydroxyl groups excluding tert-OH is 1. The summed E-state index contributed by atoms with van der Waals surface area (Å²) >= 11 is 0. The Labute approximate surface area is 142 Å². The maximum Gasteiger partial charge on any atom is 0.251 e. The Morgan fingerprint density at radius 1 is 1.29 bits per heavy atom. The second-order valence-electron chi connectivity index (χ2n) is 6.25. The van der Waals surface area contributed by atoms with Crippen molar-refractivity contribution >= 4 is 11.7 Å². The van der Waals surface area contributed by atoms with E-state index in [0.717, 1.165) is 58.1 Å². The number of anilines is 1. The SMILES string of the molecule is O=C(NCCO)c1ccnc(N2CCC(N3CCOCC3)CC2)c1. The summed E-state index contributed by atoms with van der Waals surface area (Å²) in [5.74, 6) is 0.683. The highest BCUT2D eigenvalue weighted by Gasteiger charge is 2.26. The lowest BCUT2D eigenvalue weighted by atomic mass is 10.0. The summed E-state index contributed by atoms with van der Waals surface area (Å²) in [6.07, 6.45) is 3.91. The molecular weight excluding hydrogens is 308 g/mol. The number of aromatic nitrogens is 1. The van der Waals surface area contributed by atoms with Gasteiger partial charge in [0.25, 0.3) is 5.91 Å². The van der Waals surface area contributed by atoms with Gasteiger partial charge >= 0.3 is 0 Å². The number of rotatable bonds is 5. The molecule has 0 atom stereocenters. The van der Waals surface area contributed by atoms with Crippen molar-refractivity contribution in [3.8, 4) is 0 Å². The minimum atomic E-state index is -0.170. The number of pyridine rings is 1. The Balaban J connectivity index is 1.56. The summed E-state index contributed by atoms with van der Waals surface area (Å²) in [6.45, 7) is 5.86. The first-order chi connectivity index (χ1) is 11.8. The molecule has 7 nitrogen and oxygen atoms in total. The minimum absolute atomic E-state index is 0.0568. The van der Waals surface area contributed by atoms with Gasteiger partial charge in [0.15, 0.2) is 0 Å². The van der Waals surface area contributed by atoms with Gasteiger partial charge in [0.1, 0.15) is 5.82 Å². The van der Waals surface area contributed by atoms with Gasteiger partial charge in [-0.2, -0.15) is 0 Å². The van der Waals surface area contributed by atoms with Gasteiger partial charge in [-0.3, -0.25) is 9.69 Å². The molecule has 2 aliphatic heterocycles. The van der Waals surface area contributed by atoms with Crippen molar-refractivity contribution in [1.29, 1.82) is 0 Å². The number of carbonyl (C=O) groups is 1. The lowest BCUT2D eigenvalue weighted by Crippen LogP contribution is -2.49. The van der Waals surface area contributed by atoms with Gasteiger partial charge in [0, 0.05) is 50.5 Å². The second kappa shape index (κ2) is 8.41. The second-order valence-corrected chi connectivity index (χ2v) is 6.25. The van der Waals surface area contributed by atoms with Crippen LogP contribution in [0.3, 0.4) is 0 Å². The molecule has 0 bridgehead atoms. The molecular formula is C17H26N4O3. The Morgan fingerprint density at radius 2 is 2.04 bits per heavy atom. The van der Waals surface area contributed by atoms with Crippen LogP contribution in [0.15, 0.2) is 18.3 Å². The average molecular weight is 334 g/mol. The van der Waals surface area contributed by atoms with Crippen LogP contribution in [0.4, 0.5) is 5.82 Å². The van der Waals surface area contributed by atoms with Crippen LogP contribution in [0.1, 0.15) is 23.2 Å². The van der Waals surface area contributed by atoms with E-state index < -0.39 is 0 Å². The standard InChI is InChI=1S/C17H26N4O3/c22-10-5-19-17(23)14-1-4-18-16(13-14)21-6-2-15(3-7-21)20-8-11-24-12-9-20/h1,4,13,15,22H,2-3,5-12H2,(H,19,23). The van der Waals surface area contributed by atoms with Gasteiger partial charge in [-0.1, -0.05) is 0 Å². The molecule has 0 unspecified atom stereocenters.